The van der Waals surface area contributed by atoms with Crippen molar-refractivity contribution >= 4 is 21.3 Å². The molecule has 1 amide bonds. The lowest BCUT2D eigenvalue weighted by molar-refractivity contribution is -0.135. The van der Waals surface area contributed by atoms with Crippen LogP contribution in [0.4, 0.5) is 0 Å². The molecule has 5 heteroatoms. The summed E-state index contributed by atoms with van der Waals surface area (Å²) in [6.07, 6.45) is 0.103. The molecule has 0 saturated heterocycles. The normalized spacial score (nSPS) is 8.56. The summed E-state index contributed by atoms with van der Waals surface area (Å²) in [7, 11) is 1.80. The third-order valence-electron chi connectivity index (χ3n) is 0.707. The maximum absolute atomic E-state index is 10.3. The van der Waals surface area contributed by atoms with Crippen LogP contribution in [0.15, 0.2) is 0 Å². The Morgan fingerprint density at radius 3 is 2.33 bits per heavy atom. The van der Waals surface area contributed by atoms with E-state index in [1.165, 1.54) is 0 Å². The summed E-state index contributed by atoms with van der Waals surface area (Å²) in [5, 5.41) is 0. The van der Waals surface area contributed by atoms with Gasteiger partial charge in [-0.05, 0) is 0 Å². The van der Waals surface area contributed by atoms with E-state index in [4.69, 9.17) is 5.73 Å². The van der Waals surface area contributed by atoms with Crippen molar-refractivity contribution in [2.75, 3.05) is 0 Å². The monoisotopic (exact) mass is 149 g/mol. The molecule has 0 spiro atoms. The van der Waals surface area contributed by atoms with Crippen molar-refractivity contribution in [1.29, 1.82) is 0 Å². The number of primary amides is 1. The van der Waals surface area contributed by atoms with Crippen molar-refractivity contribution in [3.63, 3.8) is 0 Å². The smallest absolute Gasteiger partial charge is 0.308 e. The minimum absolute atomic E-state index is 0.0488. The van der Waals surface area contributed by atoms with E-state index in [2.05, 4.69) is 4.52 Å². The van der Waals surface area contributed by atoms with E-state index < -0.39 is 11.9 Å². The first-order valence-electron chi connectivity index (χ1n) is 2.34. The Balaban J connectivity index is 3.28. The van der Waals surface area contributed by atoms with E-state index in [1.807, 2.05) is 0 Å². The van der Waals surface area contributed by atoms with Crippen molar-refractivity contribution < 1.29 is 14.1 Å². The quantitative estimate of drug-likeness (QED) is 0.554. The Bertz CT molecular complexity index is 125. The lowest BCUT2D eigenvalue weighted by Crippen LogP contribution is -2.12. The third kappa shape index (κ3) is 5.24. The van der Waals surface area contributed by atoms with Crippen LogP contribution in [0.2, 0.25) is 0 Å². The Hall–Kier alpha value is -0.630. The first kappa shape index (κ1) is 8.37. The van der Waals surface area contributed by atoms with Gasteiger partial charge in [0.05, 0.1) is 15.9 Å². The van der Waals surface area contributed by atoms with Crippen LogP contribution in [0.3, 0.4) is 0 Å². The summed E-state index contributed by atoms with van der Waals surface area (Å²) >= 11 is 0. The summed E-state index contributed by atoms with van der Waals surface area (Å²) in [4.78, 5) is 20.3. The Kier molecular flexibility index (Phi) is 3.97. The zero-order valence-corrected chi connectivity index (χ0v) is 5.95. The Labute approximate surface area is 55.0 Å². The van der Waals surface area contributed by atoms with Crippen molar-refractivity contribution in [1.82, 2.24) is 0 Å². The molecule has 2 N–H and O–H groups in total. The van der Waals surface area contributed by atoms with Gasteiger partial charge in [-0.3, -0.25) is 9.59 Å². The van der Waals surface area contributed by atoms with Crippen LogP contribution in [-0.2, 0) is 14.1 Å². The van der Waals surface area contributed by atoms with Crippen molar-refractivity contribution in [3.05, 3.63) is 0 Å². The largest absolute Gasteiger partial charge is 0.451 e. The highest BCUT2D eigenvalue weighted by Crippen LogP contribution is 1.94. The molecule has 0 bridgehead atoms. The molecule has 0 aromatic rings. The van der Waals surface area contributed by atoms with Gasteiger partial charge in [-0.15, -0.1) is 0 Å². The molecule has 4 nitrogen and oxygen atoms in total. The lowest BCUT2D eigenvalue weighted by Gasteiger charge is -1.93. The first-order valence-corrected chi connectivity index (χ1v) is 2.82. The van der Waals surface area contributed by atoms with Gasteiger partial charge in [0.25, 0.3) is 0 Å². The standard InChI is InChI=1S/C4H8NO3P/c5-3(6)1-2-4(7)8-9/h1-2,9H2,(H2,5,6). The fourth-order valence-corrected chi connectivity index (χ4v) is 0.402. The second kappa shape index (κ2) is 4.27. The van der Waals surface area contributed by atoms with Gasteiger partial charge in [0.15, 0.2) is 0 Å². The van der Waals surface area contributed by atoms with Gasteiger partial charge in [-0.2, -0.15) is 0 Å². The highest BCUT2D eigenvalue weighted by atomic mass is 31.0. The first-order chi connectivity index (χ1) is 4.16. The number of carbonyl (C=O) groups excluding carboxylic acids is 2. The van der Waals surface area contributed by atoms with Gasteiger partial charge in [-0.25, -0.2) is 0 Å². The zero-order chi connectivity index (χ0) is 7.28. The Morgan fingerprint density at radius 1 is 1.44 bits per heavy atom. The van der Waals surface area contributed by atoms with Gasteiger partial charge < -0.3 is 10.3 Å². The molecule has 1 atom stereocenters. The SMILES string of the molecule is NC(=O)CCC(=O)OP. The molecule has 9 heavy (non-hydrogen) atoms. The predicted molar refractivity (Wildman–Crippen MR) is 34.2 cm³/mol. The maximum Gasteiger partial charge on any atom is 0.308 e. The molecule has 0 aliphatic carbocycles. The van der Waals surface area contributed by atoms with E-state index in [1.54, 1.807) is 9.47 Å². The second-order valence-corrected chi connectivity index (χ2v) is 1.69. The topological polar surface area (TPSA) is 69.4 Å². The minimum atomic E-state index is -0.495. The number of nitrogens with two attached hydrogens (primary N) is 1. The molecular formula is C4H8NO3P. The van der Waals surface area contributed by atoms with Crippen LogP contribution < -0.4 is 5.73 Å². The van der Waals surface area contributed by atoms with Crippen LogP contribution >= 0.6 is 9.47 Å². The van der Waals surface area contributed by atoms with Crippen LogP contribution in [0.5, 0.6) is 0 Å². The van der Waals surface area contributed by atoms with E-state index in [9.17, 15) is 9.59 Å². The molecule has 0 rings (SSSR count). The average Bonchev–Trinajstić information content (AvgIpc) is 1.83. The van der Waals surface area contributed by atoms with Gasteiger partial charge >= 0.3 is 5.97 Å². The minimum Gasteiger partial charge on any atom is -0.451 e. The summed E-state index contributed by atoms with van der Waals surface area (Å²) in [6, 6.07) is 0. The second-order valence-electron chi connectivity index (χ2n) is 1.46. The molecule has 0 aromatic heterocycles. The van der Waals surface area contributed by atoms with Gasteiger partial charge in [0, 0.05) is 6.42 Å². The van der Waals surface area contributed by atoms with Gasteiger partial charge in [0.2, 0.25) is 5.91 Å². The Morgan fingerprint density at radius 2 is 2.00 bits per heavy atom. The van der Waals surface area contributed by atoms with Crippen LogP contribution in [0, 0.1) is 0 Å². The number of hydrogen-bond donors (Lipinski definition) is 1. The summed E-state index contributed by atoms with van der Waals surface area (Å²) in [6.45, 7) is 0. The highest BCUT2D eigenvalue weighted by Gasteiger charge is 2.01. The fourth-order valence-electron chi connectivity index (χ4n) is 0.284. The molecular weight excluding hydrogens is 141 g/mol. The highest BCUT2D eigenvalue weighted by molar-refractivity contribution is 7.10. The van der Waals surface area contributed by atoms with Crippen LogP contribution in [0.1, 0.15) is 12.8 Å². The molecule has 1 unspecified atom stereocenters. The summed E-state index contributed by atoms with van der Waals surface area (Å²) in [5.41, 5.74) is 4.74. The van der Waals surface area contributed by atoms with Crippen molar-refractivity contribution in [2.45, 2.75) is 12.8 Å². The molecule has 0 aromatic carbocycles. The summed E-state index contributed by atoms with van der Waals surface area (Å²) in [5.74, 6) is -0.941. The third-order valence-corrected chi connectivity index (χ3v) is 0.970. The van der Waals surface area contributed by atoms with E-state index in [0.29, 0.717) is 0 Å². The zero-order valence-electron chi connectivity index (χ0n) is 4.79. The summed E-state index contributed by atoms with van der Waals surface area (Å²) < 4.78 is 4.17. The van der Waals surface area contributed by atoms with Gasteiger partial charge in [-0.1, -0.05) is 0 Å². The predicted octanol–water partition coefficient (Wildman–Crippen LogP) is -0.415. The molecule has 0 fully saturated rings. The van der Waals surface area contributed by atoms with E-state index >= 15 is 0 Å². The van der Waals surface area contributed by atoms with Crippen LogP contribution in [-0.4, -0.2) is 11.9 Å². The number of carbonyl (C=O) groups is 2. The number of rotatable bonds is 3. The molecule has 52 valence electrons. The molecule has 0 saturated carbocycles. The molecule has 0 aliphatic heterocycles. The number of amides is 1. The van der Waals surface area contributed by atoms with Crippen molar-refractivity contribution in [2.24, 2.45) is 5.73 Å². The lowest BCUT2D eigenvalue weighted by atomic mass is 10.3. The van der Waals surface area contributed by atoms with Gasteiger partial charge in [0.1, 0.15) is 0 Å². The number of hydrogen-bond acceptors (Lipinski definition) is 3. The fraction of sp³-hybridized carbons (Fsp3) is 0.500. The van der Waals surface area contributed by atoms with E-state index in [-0.39, 0.29) is 12.8 Å². The maximum atomic E-state index is 10.3. The van der Waals surface area contributed by atoms with Crippen molar-refractivity contribution in [3.8, 4) is 0 Å². The average molecular weight is 149 g/mol. The molecule has 0 radical (unpaired) electrons. The van der Waals surface area contributed by atoms with E-state index in [0.717, 1.165) is 0 Å². The molecule has 0 heterocycles. The molecule has 0 aliphatic rings. The van der Waals surface area contributed by atoms with Crippen LogP contribution in [0.25, 0.3) is 0 Å².